The van der Waals surface area contributed by atoms with E-state index < -0.39 is 6.29 Å². The summed E-state index contributed by atoms with van der Waals surface area (Å²) in [4.78, 5) is 2.25. The minimum absolute atomic E-state index is 0.181. The number of aliphatic hydroxyl groups excluding tert-OH is 1. The van der Waals surface area contributed by atoms with Gasteiger partial charge in [0.25, 0.3) is 0 Å². The summed E-state index contributed by atoms with van der Waals surface area (Å²) in [5.74, 6) is 0.779. The number of hydrogen-bond acceptors (Lipinski definition) is 4. The molecular weight excluding hydrogens is 422 g/mol. The van der Waals surface area contributed by atoms with Crippen molar-refractivity contribution in [2.75, 3.05) is 11.5 Å². The lowest BCUT2D eigenvalue weighted by Crippen LogP contribution is -2.24. The Hall–Kier alpha value is -3.60. The molecule has 0 heterocycles. The SMILES string of the molecule is CCC(O)OC(C)COc1ccc(-c2ccc(N(c3ccccc3)c3ccccc3)cc2)cc1. The molecule has 2 unspecified atom stereocenters. The van der Waals surface area contributed by atoms with Crippen molar-refractivity contribution in [2.24, 2.45) is 0 Å². The summed E-state index contributed by atoms with van der Waals surface area (Å²) in [5.41, 5.74) is 5.60. The van der Waals surface area contributed by atoms with Crippen LogP contribution in [0.5, 0.6) is 5.75 Å². The predicted octanol–water partition coefficient (Wildman–Crippen LogP) is 7.34. The van der Waals surface area contributed by atoms with E-state index in [0.29, 0.717) is 13.0 Å². The molecule has 0 aromatic heterocycles. The largest absolute Gasteiger partial charge is 0.491 e. The van der Waals surface area contributed by atoms with Crippen LogP contribution < -0.4 is 9.64 Å². The maximum atomic E-state index is 9.59. The molecule has 0 saturated carbocycles. The van der Waals surface area contributed by atoms with Gasteiger partial charge in [0.05, 0.1) is 6.10 Å². The topological polar surface area (TPSA) is 41.9 Å². The third kappa shape index (κ3) is 6.04. The monoisotopic (exact) mass is 453 g/mol. The molecule has 0 aliphatic rings. The van der Waals surface area contributed by atoms with E-state index in [1.807, 2.05) is 38.1 Å². The van der Waals surface area contributed by atoms with Crippen LogP contribution in [0.2, 0.25) is 0 Å². The third-order valence-corrected chi connectivity index (χ3v) is 5.57. The molecule has 34 heavy (non-hydrogen) atoms. The highest BCUT2D eigenvalue weighted by molar-refractivity contribution is 5.78. The second kappa shape index (κ2) is 11.5. The van der Waals surface area contributed by atoms with E-state index in [9.17, 15) is 5.11 Å². The van der Waals surface area contributed by atoms with E-state index in [2.05, 4.69) is 89.8 Å². The van der Waals surface area contributed by atoms with Gasteiger partial charge < -0.3 is 19.5 Å². The summed E-state index contributed by atoms with van der Waals surface area (Å²) < 4.78 is 11.2. The van der Waals surface area contributed by atoms with E-state index in [1.54, 1.807) is 0 Å². The molecule has 0 fully saturated rings. The number of ether oxygens (including phenoxy) is 2. The third-order valence-electron chi connectivity index (χ3n) is 5.57. The number of rotatable bonds is 10. The van der Waals surface area contributed by atoms with Gasteiger partial charge in [-0.3, -0.25) is 0 Å². The molecule has 4 heteroatoms. The first kappa shape index (κ1) is 23.6. The van der Waals surface area contributed by atoms with Gasteiger partial charge in [-0.05, 0) is 73.0 Å². The minimum Gasteiger partial charge on any atom is -0.491 e. The fraction of sp³-hybridized carbons (Fsp3) is 0.200. The van der Waals surface area contributed by atoms with Gasteiger partial charge in [-0.2, -0.15) is 0 Å². The zero-order valence-corrected chi connectivity index (χ0v) is 19.7. The molecule has 0 amide bonds. The summed E-state index contributed by atoms with van der Waals surface area (Å²) in [6.07, 6.45) is -0.366. The van der Waals surface area contributed by atoms with Crippen LogP contribution in [0.4, 0.5) is 17.1 Å². The van der Waals surface area contributed by atoms with Crippen LogP contribution in [0.3, 0.4) is 0 Å². The molecule has 174 valence electrons. The van der Waals surface area contributed by atoms with Gasteiger partial charge in [-0.1, -0.05) is 67.6 Å². The Labute approximate surface area is 202 Å². The van der Waals surface area contributed by atoms with Gasteiger partial charge in [-0.15, -0.1) is 0 Å². The second-order valence-electron chi connectivity index (χ2n) is 8.20. The maximum absolute atomic E-state index is 9.59. The fourth-order valence-electron chi connectivity index (χ4n) is 3.77. The first-order valence-electron chi connectivity index (χ1n) is 11.7. The Morgan fingerprint density at radius 2 is 1.15 bits per heavy atom. The lowest BCUT2D eigenvalue weighted by atomic mass is 10.0. The molecule has 0 bridgehead atoms. The molecular formula is C30H31NO3. The van der Waals surface area contributed by atoms with Crippen LogP contribution in [0.1, 0.15) is 20.3 Å². The normalized spacial score (nSPS) is 12.7. The molecule has 0 aliphatic carbocycles. The molecule has 1 N–H and O–H groups in total. The smallest absolute Gasteiger partial charge is 0.154 e. The number of aliphatic hydroxyl groups is 1. The van der Waals surface area contributed by atoms with Crippen LogP contribution in [-0.4, -0.2) is 24.1 Å². The molecule has 0 spiro atoms. The van der Waals surface area contributed by atoms with Crippen LogP contribution in [0.15, 0.2) is 109 Å². The zero-order chi connectivity index (χ0) is 23.8. The zero-order valence-electron chi connectivity index (χ0n) is 19.7. The number of nitrogens with zero attached hydrogens (tertiary/aromatic N) is 1. The van der Waals surface area contributed by atoms with Gasteiger partial charge in [0.15, 0.2) is 6.29 Å². The van der Waals surface area contributed by atoms with Crippen molar-refractivity contribution in [2.45, 2.75) is 32.7 Å². The summed E-state index contributed by atoms with van der Waals surface area (Å²) >= 11 is 0. The number of hydrogen-bond donors (Lipinski definition) is 1. The van der Waals surface area contributed by atoms with Crippen LogP contribution in [0.25, 0.3) is 11.1 Å². The molecule has 0 saturated heterocycles. The molecule has 4 rings (SSSR count). The van der Waals surface area contributed by atoms with Crippen molar-refractivity contribution >= 4 is 17.1 Å². The first-order valence-corrected chi connectivity index (χ1v) is 11.7. The molecule has 4 aromatic carbocycles. The van der Waals surface area contributed by atoms with E-state index >= 15 is 0 Å². The Bertz CT molecular complexity index is 1090. The molecule has 0 radical (unpaired) electrons. The summed E-state index contributed by atoms with van der Waals surface area (Å²) in [6, 6.07) is 37.4. The standard InChI is InChI=1S/C30H31NO3/c1-3-30(32)34-23(2)22-33-29-20-16-25(17-21-29)24-14-18-28(19-15-24)31(26-10-6-4-7-11-26)27-12-8-5-9-13-27/h4-21,23,30,32H,3,22H2,1-2H3. The van der Waals surface area contributed by atoms with Crippen LogP contribution in [-0.2, 0) is 4.74 Å². The molecule has 4 nitrogen and oxygen atoms in total. The van der Waals surface area contributed by atoms with Crippen molar-refractivity contribution in [3.05, 3.63) is 109 Å². The highest BCUT2D eigenvalue weighted by Gasteiger charge is 2.12. The fourth-order valence-corrected chi connectivity index (χ4v) is 3.77. The lowest BCUT2D eigenvalue weighted by molar-refractivity contribution is -0.139. The van der Waals surface area contributed by atoms with E-state index in [4.69, 9.17) is 9.47 Å². The van der Waals surface area contributed by atoms with Gasteiger partial charge in [-0.25, -0.2) is 0 Å². The van der Waals surface area contributed by atoms with Crippen molar-refractivity contribution < 1.29 is 14.6 Å². The Morgan fingerprint density at radius 1 is 0.676 bits per heavy atom. The minimum atomic E-state index is -0.747. The van der Waals surface area contributed by atoms with E-state index in [-0.39, 0.29) is 6.10 Å². The van der Waals surface area contributed by atoms with Gasteiger partial charge in [0.1, 0.15) is 12.4 Å². The number of para-hydroxylation sites is 2. The molecule has 4 aromatic rings. The molecule has 0 aliphatic heterocycles. The average Bonchev–Trinajstić information content (AvgIpc) is 2.89. The summed E-state index contributed by atoms with van der Waals surface area (Å²) in [6.45, 7) is 4.16. The van der Waals surface area contributed by atoms with Gasteiger partial charge in [0.2, 0.25) is 0 Å². The van der Waals surface area contributed by atoms with Crippen molar-refractivity contribution in [1.29, 1.82) is 0 Å². The van der Waals surface area contributed by atoms with E-state index in [0.717, 1.165) is 33.9 Å². The quantitative estimate of drug-likeness (QED) is 0.255. The van der Waals surface area contributed by atoms with Crippen molar-refractivity contribution in [3.8, 4) is 16.9 Å². The summed E-state index contributed by atoms with van der Waals surface area (Å²) in [5, 5.41) is 9.59. The number of anilines is 3. The Balaban J connectivity index is 1.47. The first-order chi connectivity index (χ1) is 16.6. The highest BCUT2D eigenvalue weighted by Crippen LogP contribution is 2.35. The Kier molecular flexibility index (Phi) is 7.97. The van der Waals surface area contributed by atoms with Gasteiger partial charge >= 0.3 is 0 Å². The van der Waals surface area contributed by atoms with E-state index in [1.165, 1.54) is 0 Å². The lowest BCUT2D eigenvalue weighted by Gasteiger charge is -2.25. The Morgan fingerprint density at radius 3 is 1.65 bits per heavy atom. The van der Waals surface area contributed by atoms with Crippen molar-refractivity contribution in [1.82, 2.24) is 0 Å². The molecule has 2 atom stereocenters. The predicted molar refractivity (Wildman–Crippen MR) is 139 cm³/mol. The number of benzene rings is 4. The van der Waals surface area contributed by atoms with Gasteiger partial charge in [0, 0.05) is 17.1 Å². The van der Waals surface area contributed by atoms with Crippen LogP contribution >= 0.6 is 0 Å². The van der Waals surface area contributed by atoms with Crippen LogP contribution in [0, 0.1) is 0 Å². The maximum Gasteiger partial charge on any atom is 0.154 e. The average molecular weight is 454 g/mol. The highest BCUT2D eigenvalue weighted by atomic mass is 16.6. The van der Waals surface area contributed by atoms with Crippen molar-refractivity contribution in [3.63, 3.8) is 0 Å². The summed E-state index contributed by atoms with van der Waals surface area (Å²) in [7, 11) is 0. The second-order valence-corrected chi connectivity index (χ2v) is 8.20.